The first-order chi connectivity index (χ1) is 24.8. The normalized spacial score (nSPS) is 11.6. The second kappa shape index (κ2) is 11.5. The maximum Gasteiger partial charge on any atom is 0.0547 e. The summed E-state index contributed by atoms with van der Waals surface area (Å²) in [5.74, 6) is 0. The van der Waals surface area contributed by atoms with E-state index in [1.807, 2.05) is 0 Å². The number of fused-ring (bicyclic) bond motifs is 6. The molecular formula is C48H32N2. The van der Waals surface area contributed by atoms with Crippen LogP contribution in [0.3, 0.4) is 0 Å². The monoisotopic (exact) mass is 636 g/mol. The van der Waals surface area contributed by atoms with Crippen LogP contribution in [0.1, 0.15) is 0 Å². The Morgan fingerprint density at radius 1 is 0.280 bits per heavy atom. The first kappa shape index (κ1) is 28.4. The minimum Gasteiger partial charge on any atom is -0.309 e. The zero-order chi connectivity index (χ0) is 33.0. The minimum atomic E-state index is 1.16. The van der Waals surface area contributed by atoms with Gasteiger partial charge >= 0.3 is 0 Å². The molecule has 0 amide bonds. The summed E-state index contributed by atoms with van der Waals surface area (Å²) < 4.78 is 4.87. The Morgan fingerprint density at radius 3 is 1.52 bits per heavy atom. The van der Waals surface area contributed by atoms with Crippen LogP contribution >= 0.6 is 0 Å². The Labute approximate surface area is 290 Å². The lowest BCUT2D eigenvalue weighted by Crippen LogP contribution is -1.98. The molecule has 0 unspecified atom stereocenters. The van der Waals surface area contributed by atoms with E-state index in [9.17, 15) is 0 Å². The highest BCUT2D eigenvalue weighted by atomic mass is 15.0. The second-order valence-corrected chi connectivity index (χ2v) is 12.9. The second-order valence-electron chi connectivity index (χ2n) is 12.9. The highest BCUT2D eigenvalue weighted by Gasteiger charge is 2.20. The van der Waals surface area contributed by atoms with E-state index in [1.165, 1.54) is 82.7 Å². The number of nitrogens with zero attached hydrogens (tertiary/aromatic N) is 2. The van der Waals surface area contributed by atoms with Gasteiger partial charge in [-0.05, 0) is 70.3 Å². The predicted molar refractivity (Wildman–Crippen MR) is 211 cm³/mol. The van der Waals surface area contributed by atoms with Crippen LogP contribution in [0.4, 0.5) is 0 Å². The Kier molecular flexibility index (Phi) is 6.53. The van der Waals surface area contributed by atoms with Crippen molar-refractivity contribution in [3.05, 3.63) is 194 Å². The van der Waals surface area contributed by atoms with Crippen molar-refractivity contribution in [2.75, 3.05) is 0 Å². The van der Waals surface area contributed by atoms with Crippen molar-refractivity contribution < 1.29 is 0 Å². The number of aromatic nitrogens is 2. The number of rotatable bonds is 5. The molecule has 2 aromatic heterocycles. The number of benzene rings is 8. The SMILES string of the molecule is c1ccc(-c2ccc(-c3ccccc3)c(-n3c4ccccc4c4c(-c5cccc(-n6c7ccccc7c7ccccc76)c5)cccc43)c2)cc1. The quantitative estimate of drug-likeness (QED) is 0.178. The molecule has 0 atom stereocenters. The molecule has 0 N–H and O–H groups in total. The molecule has 0 aliphatic heterocycles. The smallest absolute Gasteiger partial charge is 0.0547 e. The Bertz CT molecular complexity index is 2800. The molecule has 10 aromatic rings. The molecule has 0 spiro atoms. The maximum absolute atomic E-state index is 2.47. The van der Waals surface area contributed by atoms with Crippen LogP contribution in [0.5, 0.6) is 0 Å². The molecule has 234 valence electrons. The van der Waals surface area contributed by atoms with Crippen molar-refractivity contribution in [3.8, 4) is 44.8 Å². The molecule has 0 aliphatic carbocycles. The summed E-state index contributed by atoms with van der Waals surface area (Å²) in [4.78, 5) is 0. The molecule has 0 aliphatic rings. The van der Waals surface area contributed by atoms with E-state index in [2.05, 4.69) is 203 Å². The zero-order valence-electron chi connectivity index (χ0n) is 27.4. The summed E-state index contributed by atoms with van der Waals surface area (Å²) in [6, 6.07) is 70.4. The van der Waals surface area contributed by atoms with Crippen molar-refractivity contribution in [2.24, 2.45) is 0 Å². The third kappa shape index (κ3) is 4.43. The molecular weight excluding hydrogens is 605 g/mol. The fraction of sp³-hybridized carbons (Fsp3) is 0. The van der Waals surface area contributed by atoms with E-state index in [0.29, 0.717) is 0 Å². The van der Waals surface area contributed by atoms with Gasteiger partial charge in [-0.15, -0.1) is 0 Å². The van der Waals surface area contributed by atoms with Crippen LogP contribution < -0.4 is 0 Å². The van der Waals surface area contributed by atoms with E-state index in [4.69, 9.17) is 0 Å². The summed E-state index contributed by atoms with van der Waals surface area (Å²) in [7, 11) is 0. The highest BCUT2D eigenvalue weighted by Crippen LogP contribution is 2.42. The lowest BCUT2D eigenvalue weighted by atomic mass is 9.97. The average Bonchev–Trinajstić information content (AvgIpc) is 3.72. The van der Waals surface area contributed by atoms with Crippen molar-refractivity contribution in [2.45, 2.75) is 0 Å². The van der Waals surface area contributed by atoms with Crippen LogP contribution in [-0.4, -0.2) is 9.13 Å². The summed E-state index contributed by atoms with van der Waals surface area (Å²) in [5, 5.41) is 5.03. The average molecular weight is 637 g/mol. The first-order valence-corrected chi connectivity index (χ1v) is 17.2. The summed E-state index contributed by atoms with van der Waals surface area (Å²) in [5.41, 5.74) is 14.3. The molecule has 0 fully saturated rings. The number of hydrogen-bond acceptors (Lipinski definition) is 0. The fourth-order valence-electron chi connectivity index (χ4n) is 7.92. The van der Waals surface area contributed by atoms with E-state index >= 15 is 0 Å². The first-order valence-electron chi connectivity index (χ1n) is 17.2. The van der Waals surface area contributed by atoms with Gasteiger partial charge in [0, 0.05) is 32.8 Å². The standard InChI is InChI=1S/C48H32N2/c1-3-15-33(16-4-1)35-29-30-38(34-17-5-2-6-18-34)47(32-35)50-45-27-12-9-23-42(45)48-39(24-14-28-46(48)50)36-19-13-20-37(31-36)49-43-25-10-7-21-40(43)41-22-8-11-26-44(41)49/h1-32H. The largest absolute Gasteiger partial charge is 0.309 e. The summed E-state index contributed by atoms with van der Waals surface area (Å²) >= 11 is 0. The molecule has 2 heterocycles. The van der Waals surface area contributed by atoms with E-state index < -0.39 is 0 Å². The van der Waals surface area contributed by atoms with Gasteiger partial charge in [0.25, 0.3) is 0 Å². The van der Waals surface area contributed by atoms with Gasteiger partial charge in [-0.2, -0.15) is 0 Å². The molecule has 0 saturated carbocycles. The number of para-hydroxylation sites is 3. The fourth-order valence-corrected chi connectivity index (χ4v) is 7.92. The Balaban J connectivity index is 1.23. The highest BCUT2D eigenvalue weighted by molar-refractivity contribution is 6.16. The van der Waals surface area contributed by atoms with Gasteiger partial charge in [0.2, 0.25) is 0 Å². The third-order valence-electron chi connectivity index (χ3n) is 10.1. The van der Waals surface area contributed by atoms with E-state index in [1.54, 1.807) is 0 Å². The lowest BCUT2D eigenvalue weighted by Gasteiger charge is -2.16. The van der Waals surface area contributed by atoms with Gasteiger partial charge in [0.1, 0.15) is 0 Å². The van der Waals surface area contributed by atoms with Crippen molar-refractivity contribution in [1.82, 2.24) is 9.13 Å². The van der Waals surface area contributed by atoms with Crippen LogP contribution in [-0.2, 0) is 0 Å². The van der Waals surface area contributed by atoms with E-state index in [-0.39, 0.29) is 0 Å². The van der Waals surface area contributed by atoms with Gasteiger partial charge in [-0.25, -0.2) is 0 Å². The van der Waals surface area contributed by atoms with Crippen LogP contribution in [0, 0.1) is 0 Å². The molecule has 8 aromatic carbocycles. The van der Waals surface area contributed by atoms with Gasteiger partial charge < -0.3 is 9.13 Å². The van der Waals surface area contributed by atoms with Crippen LogP contribution in [0.2, 0.25) is 0 Å². The number of hydrogen-bond donors (Lipinski definition) is 0. The predicted octanol–water partition coefficient (Wildman–Crippen LogP) is 12.9. The van der Waals surface area contributed by atoms with E-state index in [0.717, 1.165) is 5.69 Å². The molecule has 2 nitrogen and oxygen atoms in total. The van der Waals surface area contributed by atoms with Crippen molar-refractivity contribution in [3.63, 3.8) is 0 Å². The molecule has 10 rings (SSSR count). The maximum atomic E-state index is 2.47. The minimum absolute atomic E-state index is 1.16. The molecule has 2 heteroatoms. The molecule has 50 heavy (non-hydrogen) atoms. The van der Waals surface area contributed by atoms with Gasteiger partial charge in [-0.1, -0.05) is 152 Å². The van der Waals surface area contributed by atoms with Crippen molar-refractivity contribution >= 4 is 43.6 Å². The molecule has 0 bridgehead atoms. The summed E-state index contributed by atoms with van der Waals surface area (Å²) in [6.45, 7) is 0. The molecule has 0 radical (unpaired) electrons. The Morgan fingerprint density at radius 2 is 0.820 bits per heavy atom. The lowest BCUT2D eigenvalue weighted by molar-refractivity contribution is 1.18. The summed E-state index contributed by atoms with van der Waals surface area (Å²) in [6.07, 6.45) is 0. The molecule has 0 saturated heterocycles. The van der Waals surface area contributed by atoms with Gasteiger partial charge in [0.05, 0.1) is 27.8 Å². The van der Waals surface area contributed by atoms with Crippen LogP contribution in [0.15, 0.2) is 194 Å². The Hall–Kier alpha value is -6.64. The van der Waals surface area contributed by atoms with Gasteiger partial charge in [-0.3, -0.25) is 0 Å². The van der Waals surface area contributed by atoms with Crippen molar-refractivity contribution in [1.29, 1.82) is 0 Å². The third-order valence-corrected chi connectivity index (χ3v) is 10.1. The zero-order valence-corrected chi connectivity index (χ0v) is 27.4. The topological polar surface area (TPSA) is 9.86 Å². The van der Waals surface area contributed by atoms with Crippen LogP contribution in [0.25, 0.3) is 88.4 Å². The van der Waals surface area contributed by atoms with Gasteiger partial charge in [0.15, 0.2) is 0 Å².